The van der Waals surface area contributed by atoms with E-state index < -0.39 is 11.7 Å². The average molecular weight is 555 g/mol. The zero-order chi connectivity index (χ0) is 29.1. The number of hydrogen-bond donors (Lipinski definition) is 2. The van der Waals surface area contributed by atoms with E-state index in [4.69, 9.17) is 14.2 Å². The second-order valence-electron chi connectivity index (χ2n) is 11.4. The topological polar surface area (TPSA) is 88.7 Å². The van der Waals surface area contributed by atoms with Crippen LogP contribution in [0.3, 0.4) is 0 Å². The van der Waals surface area contributed by atoms with E-state index in [2.05, 4.69) is 15.5 Å². The first kappa shape index (κ1) is 28.2. The molecule has 8 nitrogen and oxygen atoms in total. The number of rotatable bonds is 9. The molecule has 0 aliphatic heterocycles. The molecular formula is C33H38N4O4. The van der Waals surface area contributed by atoms with Gasteiger partial charge in [0, 0.05) is 30.3 Å². The van der Waals surface area contributed by atoms with Crippen LogP contribution in [0.5, 0.6) is 11.5 Å². The third kappa shape index (κ3) is 6.72. The van der Waals surface area contributed by atoms with Crippen molar-refractivity contribution in [1.82, 2.24) is 15.5 Å². The lowest BCUT2D eigenvalue weighted by atomic mass is 9.97. The van der Waals surface area contributed by atoms with E-state index in [1.165, 1.54) is 17.7 Å². The first-order chi connectivity index (χ1) is 19.6. The lowest BCUT2D eigenvalue weighted by Crippen LogP contribution is -2.34. The lowest BCUT2D eigenvalue weighted by molar-refractivity contribution is 0.0598. The number of aryl methyl sites for hydroxylation is 1. The summed E-state index contributed by atoms with van der Waals surface area (Å²) in [4.78, 5) is 14.9. The number of carbonyl (C=O) groups is 1. The largest absolute Gasteiger partial charge is 0.497 e. The van der Waals surface area contributed by atoms with Crippen LogP contribution in [0.1, 0.15) is 44.7 Å². The quantitative estimate of drug-likeness (QED) is 0.224. The van der Waals surface area contributed by atoms with E-state index in [0.717, 1.165) is 51.6 Å². The molecule has 0 unspecified atom stereocenters. The third-order valence-corrected chi connectivity index (χ3v) is 6.95. The van der Waals surface area contributed by atoms with E-state index in [0.29, 0.717) is 17.5 Å². The average Bonchev–Trinajstić information content (AvgIpc) is 3.66. The maximum atomic E-state index is 13.4. The molecule has 1 heterocycles. The van der Waals surface area contributed by atoms with Crippen LogP contribution < -0.4 is 19.7 Å². The Morgan fingerprint density at radius 1 is 0.976 bits per heavy atom. The normalized spacial score (nSPS) is 13.1. The molecule has 2 N–H and O–H groups in total. The molecule has 1 saturated carbocycles. The standard InChI is InChI=1S/C33H38N4O4/c1-21-17-27(39-5)18-29(40-6)31(21)24-11-9-23(10-12-24)28-19-30(36-35-28)37(32(38)41-33(2,3)4)26-15-7-22(8-16-26)20-34-25-13-14-25/h7-12,15-19,25,34H,13-14,20H2,1-6H3,(H,35,36). The van der Waals surface area contributed by atoms with Gasteiger partial charge < -0.3 is 19.5 Å². The number of H-pyrrole nitrogens is 1. The van der Waals surface area contributed by atoms with E-state index in [1.807, 2.05) is 94.4 Å². The highest BCUT2D eigenvalue weighted by Gasteiger charge is 2.27. The number of benzene rings is 3. The van der Waals surface area contributed by atoms with Crippen LogP contribution in [0.15, 0.2) is 66.7 Å². The van der Waals surface area contributed by atoms with Crippen LogP contribution in [-0.2, 0) is 11.3 Å². The molecular weight excluding hydrogens is 516 g/mol. The summed E-state index contributed by atoms with van der Waals surface area (Å²) in [5, 5.41) is 11.1. The van der Waals surface area contributed by atoms with Crippen LogP contribution in [0.25, 0.3) is 22.4 Å². The molecule has 1 aliphatic carbocycles. The Kier molecular flexibility index (Phi) is 8.03. The molecule has 1 fully saturated rings. The van der Waals surface area contributed by atoms with E-state index in [1.54, 1.807) is 14.2 Å². The lowest BCUT2D eigenvalue weighted by Gasteiger charge is -2.26. The fraction of sp³-hybridized carbons (Fsp3) is 0.333. The molecule has 3 aromatic carbocycles. The first-order valence-electron chi connectivity index (χ1n) is 13.9. The summed E-state index contributed by atoms with van der Waals surface area (Å²) in [5.41, 5.74) is 6.00. The molecule has 0 saturated heterocycles. The van der Waals surface area contributed by atoms with E-state index in [9.17, 15) is 4.79 Å². The van der Waals surface area contributed by atoms with Crippen molar-refractivity contribution >= 4 is 17.6 Å². The maximum absolute atomic E-state index is 13.4. The third-order valence-electron chi connectivity index (χ3n) is 6.95. The van der Waals surface area contributed by atoms with Gasteiger partial charge in [-0.3, -0.25) is 5.10 Å². The van der Waals surface area contributed by atoms with Crippen LogP contribution in [0, 0.1) is 6.92 Å². The second-order valence-corrected chi connectivity index (χ2v) is 11.4. The Balaban J connectivity index is 1.41. The summed E-state index contributed by atoms with van der Waals surface area (Å²) >= 11 is 0. The summed E-state index contributed by atoms with van der Waals surface area (Å²) in [7, 11) is 3.31. The molecule has 1 aromatic heterocycles. The highest BCUT2D eigenvalue weighted by atomic mass is 16.6. The Morgan fingerprint density at radius 2 is 1.66 bits per heavy atom. The van der Waals surface area contributed by atoms with Gasteiger partial charge in [-0.1, -0.05) is 36.4 Å². The number of nitrogens with one attached hydrogen (secondary N) is 2. The molecule has 41 heavy (non-hydrogen) atoms. The van der Waals surface area contributed by atoms with E-state index >= 15 is 0 Å². The second kappa shape index (κ2) is 11.7. The molecule has 1 aliphatic rings. The number of methoxy groups -OCH3 is 2. The van der Waals surface area contributed by atoms with Crippen LogP contribution in [-0.4, -0.2) is 42.2 Å². The smallest absolute Gasteiger partial charge is 0.420 e. The number of nitrogens with zero attached hydrogens (tertiary/aromatic N) is 2. The van der Waals surface area contributed by atoms with Gasteiger partial charge in [-0.05, 0) is 81.0 Å². The number of aromatic amines is 1. The van der Waals surface area contributed by atoms with Crippen molar-refractivity contribution in [1.29, 1.82) is 0 Å². The molecule has 0 bridgehead atoms. The highest BCUT2D eigenvalue weighted by Crippen LogP contribution is 2.38. The zero-order valence-electron chi connectivity index (χ0n) is 24.6. The van der Waals surface area contributed by atoms with Crippen LogP contribution in [0.2, 0.25) is 0 Å². The van der Waals surface area contributed by atoms with Gasteiger partial charge in [0.15, 0.2) is 5.82 Å². The number of anilines is 2. The molecule has 4 aromatic rings. The Morgan fingerprint density at radius 3 is 2.27 bits per heavy atom. The molecule has 0 radical (unpaired) electrons. The zero-order valence-corrected chi connectivity index (χ0v) is 24.6. The SMILES string of the molecule is COc1cc(C)c(-c2ccc(-c3cc(N(C(=O)OC(C)(C)C)c4ccc(CNC5CC5)cc4)n[nH]3)cc2)c(OC)c1. The van der Waals surface area contributed by atoms with Crippen LogP contribution >= 0.6 is 0 Å². The molecule has 0 spiro atoms. The van der Waals surface area contributed by atoms with Gasteiger partial charge >= 0.3 is 6.09 Å². The number of hydrogen-bond acceptors (Lipinski definition) is 6. The minimum atomic E-state index is -0.654. The molecule has 1 amide bonds. The Bertz CT molecular complexity index is 1500. The first-order valence-corrected chi connectivity index (χ1v) is 13.9. The van der Waals surface area contributed by atoms with Gasteiger partial charge in [-0.25, -0.2) is 9.69 Å². The summed E-state index contributed by atoms with van der Waals surface area (Å²) < 4.78 is 16.8. The summed E-state index contributed by atoms with van der Waals surface area (Å²) in [5.74, 6) is 1.96. The summed E-state index contributed by atoms with van der Waals surface area (Å²) in [6.07, 6.45) is 1.99. The van der Waals surface area contributed by atoms with Gasteiger partial charge in [0.05, 0.1) is 25.6 Å². The summed E-state index contributed by atoms with van der Waals surface area (Å²) in [6, 6.07) is 22.4. The van der Waals surface area contributed by atoms with Gasteiger partial charge in [-0.2, -0.15) is 5.10 Å². The van der Waals surface area contributed by atoms with Gasteiger partial charge in [-0.15, -0.1) is 0 Å². The van der Waals surface area contributed by atoms with Crippen molar-refractivity contribution in [3.8, 4) is 33.9 Å². The molecule has 214 valence electrons. The molecule has 8 heteroatoms. The highest BCUT2D eigenvalue weighted by molar-refractivity contribution is 5.95. The van der Waals surface area contributed by atoms with Crippen LogP contribution in [0.4, 0.5) is 16.3 Å². The van der Waals surface area contributed by atoms with Gasteiger partial charge in [0.25, 0.3) is 0 Å². The van der Waals surface area contributed by atoms with Crippen molar-refractivity contribution in [2.75, 3.05) is 19.1 Å². The van der Waals surface area contributed by atoms with Gasteiger partial charge in [0.2, 0.25) is 0 Å². The van der Waals surface area contributed by atoms with Crippen molar-refractivity contribution in [2.24, 2.45) is 0 Å². The number of aromatic nitrogens is 2. The monoisotopic (exact) mass is 554 g/mol. The number of carbonyl (C=O) groups excluding carboxylic acids is 1. The van der Waals surface area contributed by atoms with Gasteiger partial charge in [0.1, 0.15) is 17.1 Å². The fourth-order valence-electron chi connectivity index (χ4n) is 4.71. The minimum absolute atomic E-state index is 0.454. The Labute approximate surface area is 241 Å². The predicted octanol–water partition coefficient (Wildman–Crippen LogP) is 7.39. The molecule has 5 rings (SSSR count). The van der Waals surface area contributed by atoms with Crippen molar-refractivity contribution in [3.05, 3.63) is 77.9 Å². The minimum Gasteiger partial charge on any atom is -0.497 e. The Hall–Kier alpha value is -4.30. The maximum Gasteiger partial charge on any atom is 0.420 e. The van der Waals surface area contributed by atoms with Crippen molar-refractivity contribution < 1.29 is 19.0 Å². The number of ether oxygens (including phenoxy) is 3. The predicted molar refractivity (Wildman–Crippen MR) is 162 cm³/mol. The molecule has 0 atom stereocenters. The van der Waals surface area contributed by atoms with Crippen molar-refractivity contribution in [3.63, 3.8) is 0 Å². The van der Waals surface area contributed by atoms with E-state index in [-0.39, 0.29) is 0 Å². The van der Waals surface area contributed by atoms with Crippen molar-refractivity contribution in [2.45, 2.75) is 58.7 Å². The fourth-order valence-corrected chi connectivity index (χ4v) is 4.71. The summed E-state index contributed by atoms with van der Waals surface area (Å²) in [6.45, 7) is 8.41. The number of amides is 1.